The van der Waals surface area contributed by atoms with Crippen LogP contribution in [0.2, 0.25) is 0 Å². The highest BCUT2D eigenvalue weighted by Gasteiger charge is 2.46. The topological polar surface area (TPSA) is 70.7 Å². The van der Waals surface area contributed by atoms with Crippen LogP contribution in [0.1, 0.15) is 45.1 Å². The summed E-state index contributed by atoms with van der Waals surface area (Å²) in [7, 11) is 0. The van der Waals surface area contributed by atoms with Crippen molar-refractivity contribution < 1.29 is 14.3 Å². The summed E-state index contributed by atoms with van der Waals surface area (Å²) in [6.45, 7) is 5.58. The van der Waals surface area contributed by atoms with Gasteiger partial charge in [0.05, 0.1) is 12.2 Å². The summed E-state index contributed by atoms with van der Waals surface area (Å²) >= 11 is 0. The number of ether oxygens (including phenoxy) is 1. The molecule has 3 amide bonds. The highest BCUT2D eigenvalue weighted by atomic mass is 16.5. The van der Waals surface area contributed by atoms with Gasteiger partial charge in [-0.2, -0.15) is 0 Å². The van der Waals surface area contributed by atoms with Gasteiger partial charge in [0.25, 0.3) is 0 Å². The van der Waals surface area contributed by atoms with Crippen molar-refractivity contribution in [2.24, 2.45) is 0 Å². The van der Waals surface area contributed by atoms with E-state index in [4.69, 9.17) is 4.74 Å². The molecule has 1 heterocycles. The van der Waals surface area contributed by atoms with Gasteiger partial charge in [-0.15, -0.1) is 0 Å². The number of amides is 3. The largest absolute Gasteiger partial charge is 0.372 e. The van der Waals surface area contributed by atoms with E-state index in [1.54, 1.807) is 0 Å². The molecule has 2 aliphatic rings. The van der Waals surface area contributed by atoms with Crippen molar-refractivity contribution in [2.45, 2.75) is 63.8 Å². The molecule has 2 N–H and O–H groups in total. The smallest absolute Gasteiger partial charge is 0.315 e. The standard InChI is InChI=1S/C20H29N3O3/c1-15-13-23(14-16(2)26-15)18(24)20(10-6-7-11-20)22-19(25)21-12-17-8-4-3-5-9-17/h3-5,8-9,15-16H,6-7,10-14H2,1-2H3,(H2,21,22,25). The Labute approximate surface area is 155 Å². The molecule has 1 aromatic rings. The summed E-state index contributed by atoms with van der Waals surface area (Å²) in [5.41, 5.74) is 0.252. The molecule has 2 atom stereocenters. The van der Waals surface area contributed by atoms with Gasteiger partial charge in [-0.25, -0.2) is 4.79 Å². The Bertz CT molecular complexity index is 618. The van der Waals surface area contributed by atoms with Crippen molar-refractivity contribution in [1.82, 2.24) is 15.5 Å². The van der Waals surface area contributed by atoms with Crippen LogP contribution < -0.4 is 10.6 Å². The van der Waals surface area contributed by atoms with Gasteiger partial charge in [0.2, 0.25) is 5.91 Å². The van der Waals surface area contributed by atoms with E-state index in [0.717, 1.165) is 18.4 Å². The molecule has 0 bridgehead atoms. The molecule has 2 fully saturated rings. The van der Waals surface area contributed by atoms with E-state index in [-0.39, 0.29) is 24.1 Å². The lowest BCUT2D eigenvalue weighted by atomic mass is 9.94. The fourth-order valence-corrected chi connectivity index (χ4v) is 4.06. The molecule has 2 unspecified atom stereocenters. The summed E-state index contributed by atoms with van der Waals surface area (Å²) in [6.07, 6.45) is 3.36. The SMILES string of the molecule is CC1CN(C(=O)C2(NC(=O)NCc3ccccc3)CCCC2)CC(C)O1. The summed E-state index contributed by atoms with van der Waals surface area (Å²) in [5, 5.41) is 5.89. The monoisotopic (exact) mass is 359 g/mol. The Morgan fingerprint density at radius 1 is 1.12 bits per heavy atom. The van der Waals surface area contributed by atoms with Crippen LogP contribution in [0.25, 0.3) is 0 Å². The van der Waals surface area contributed by atoms with Gasteiger partial charge < -0.3 is 20.3 Å². The molecule has 1 saturated carbocycles. The second kappa shape index (κ2) is 8.08. The van der Waals surface area contributed by atoms with Gasteiger partial charge >= 0.3 is 6.03 Å². The average Bonchev–Trinajstić information content (AvgIpc) is 3.09. The number of carbonyl (C=O) groups is 2. The lowest BCUT2D eigenvalue weighted by Gasteiger charge is -2.40. The molecule has 1 saturated heterocycles. The van der Waals surface area contributed by atoms with Crippen LogP contribution in [-0.2, 0) is 16.1 Å². The summed E-state index contributed by atoms with van der Waals surface area (Å²) in [4.78, 5) is 27.6. The number of benzene rings is 1. The van der Waals surface area contributed by atoms with Crippen LogP contribution in [0, 0.1) is 0 Å². The lowest BCUT2D eigenvalue weighted by molar-refractivity contribution is -0.149. The first-order valence-corrected chi connectivity index (χ1v) is 9.53. The van der Waals surface area contributed by atoms with Gasteiger partial charge in [-0.3, -0.25) is 4.79 Å². The lowest BCUT2D eigenvalue weighted by Crippen LogP contribution is -2.62. The van der Waals surface area contributed by atoms with E-state index in [0.29, 0.717) is 32.5 Å². The second-order valence-corrected chi connectivity index (χ2v) is 7.55. The molecule has 0 aromatic heterocycles. The maximum atomic E-state index is 13.3. The molecular formula is C20H29N3O3. The van der Waals surface area contributed by atoms with Crippen LogP contribution in [0.3, 0.4) is 0 Å². The van der Waals surface area contributed by atoms with Crippen molar-refractivity contribution >= 4 is 11.9 Å². The molecule has 1 aliphatic carbocycles. The Balaban J connectivity index is 1.63. The molecule has 1 aromatic carbocycles. The van der Waals surface area contributed by atoms with Crippen molar-refractivity contribution in [3.8, 4) is 0 Å². The first kappa shape index (κ1) is 18.7. The Hall–Kier alpha value is -2.08. The quantitative estimate of drug-likeness (QED) is 0.867. The van der Waals surface area contributed by atoms with Gasteiger partial charge in [0, 0.05) is 19.6 Å². The first-order chi connectivity index (χ1) is 12.5. The highest BCUT2D eigenvalue weighted by molar-refractivity contribution is 5.91. The summed E-state index contributed by atoms with van der Waals surface area (Å²) in [5.74, 6) is 0.0341. The fourth-order valence-electron chi connectivity index (χ4n) is 4.06. The molecule has 0 radical (unpaired) electrons. The van der Waals surface area contributed by atoms with E-state index >= 15 is 0 Å². The predicted octanol–water partition coefficient (Wildman–Crippen LogP) is 2.43. The predicted molar refractivity (Wildman–Crippen MR) is 99.6 cm³/mol. The normalized spacial score (nSPS) is 24.9. The third kappa shape index (κ3) is 4.36. The first-order valence-electron chi connectivity index (χ1n) is 9.53. The van der Waals surface area contributed by atoms with Gasteiger partial charge in [0.15, 0.2) is 0 Å². The number of nitrogens with one attached hydrogen (secondary N) is 2. The maximum absolute atomic E-state index is 13.3. The van der Waals surface area contributed by atoms with E-state index < -0.39 is 5.54 Å². The molecule has 142 valence electrons. The summed E-state index contributed by atoms with van der Waals surface area (Å²) in [6, 6.07) is 9.48. The van der Waals surface area contributed by atoms with Crippen molar-refractivity contribution in [3.05, 3.63) is 35.9 Å². The van der Waals surface area contributed by atoms with Gasteiger partial charge in [-0.05, 0) is 32.3 Å². The zero-order chi connectivity index (χ0) is 18.6. The maximum Gasteiger partial charge on any atom is 0.315 e. The molecular weight excluding hydrogens is 330 g/mol. The molecule has 3 rings (SSSR count). The zero-order valence-electron chi connectivity index (χ0n) is 15.7. The average molecular weight is 359 g/mol. The van der Waals surface area contributed by atoms with E-state index in [9.17, 15) is 9.59 Å². The highest BCUT2D eigenvalue weighted by Crippen LogP contribution is 2.32. The van der Waals surface area contributed by atoms with Gasteiger partial charge in [-0.1, -0.05) is 43.2 Å². The van der Waals surface area contributed by atoms with Crippen molar-refractivity contribution in [3.63, 3.8) is 0 Å². The second-order valence-electron chi connectivity index (χ2n) is 7.55. The van der Waals surface area contributed by atoms with Crippen molar-refractivity contribution in [1.29, 1.82) is 0 Å². The van der Waals surface area contributed by atoms with E-state index in [1.165, 1.54) is 0 Å². The van der Waals surface area contributed by atoms with Crippen LogP contribution in [0.4, 0.5) is 4.79 Å². The minimum atomic E-state index is -0.780. The zero-order valence-corrected chi connectivity index (χ0v) is 15.7. The number of urea groups is 1. The van der Waals surface area contributed by atoms with Gasteiger partial charge in [0.1, 0.15) is 5.54 Å². The molecule has 26 heavy (non-hydrogen) atoms. The Morgan fingerprint density at radius 3 is 2.35 bits per heavy atom. The molecule has 6 heteroatoms. The number of nitrogens with zero attached hydrogens (tertiary/aromatic N) is 1. The third-order valence-corrected chi connectivity index (χ3v) is 5.22. The van der Waals surface area contributed by atoms with Crippen LogP contribution in [0.15, 0.2) is 30.3 Å². The van der Waals surface area contributed by atoms with E-state index in [1.807, 2.05) is 49.1 Å². The minimum Gasteiger partial charge on any atom is -0.372 e. The summed E-state index contributed by atoms with van der Waals surface area (Å²) < 4.78 is 5.74. The third-order valence-electron chi connectivity index (χ3n) is 5.22. The van der Waals surface area contributed by atoms with Crippen LogP contribution in [0.5, 0.6) is 0 Å². The fraction of sp³-hybridized carbons (Fsp3) is 0.600. The number of rotatable bonds is 4. The Morgan fingerprint density at radius 2 is 1.73 bits per heavy atom. The number of morpholine rings is 1. The molecule has 1 aliphatic heterocycles. The van der Waals surface area contributed by atoms with Crippen LogP contribution in [-0.4, -0.2) is 47.7 Å². The number of hydrogen-bond acceptors (Lipinski definition) is 3. The minimum absolute atomic E-state index is 0.0214. The molecule has 6 nitrogen and oxygen atoms in total. The van der Waals surface area contributed by atoms with E-state index in [2.05, 4.69) is 10.6 Å². The molecule has 0 spiro atoms. The number of hydrogen-bond donors (Lipinski definition) is 2. The van der Waals surface area contributed by atoms with Crippen molar-refractivity contribution in [2.75, 3.05) is 13.1 Å². The van der Waals surface area contributed by atoms with Crippen LogP contribution >= 0.6 is 0 Å². The number of carbonyl (C=O) groups excluding carboxylic acids is 2. The Kier molecular flexibility index (Phi) is 5.81.